The minimum atomic E-state index is -0.466. The lowest BCUT2D eigenvalue weighted by Gasteiger charge is -2.35. The Bertz CT molecular complexity index is 1050. The Hall–Kier alpha value is -2.73. The average Bonchev–Trinajstić information content (AvgIpc) is 3.41. The first-order valence-electron chi connectivity index (χ1n) is 13.7. The van der Waals surface area contributed by atoms with Gasteiger partial charge in [-0.3, -0.25) is 14.6 Å². The van der Waals surface area contributed by atoms with Crippen molar-refractivity contribution in [3.8, 4) is 11.1 Å². The molecule has 3 unspecified atom stereocenters. The van der Waals surface area contributed by atoms with E-state index in [4.69, 9.17) is 0 Å². The molecule has 36 heavy (non-hydrogen) atoms. The number of carbonyl (C=O) groups excluding carboxylic acids is 2. The molecule has 1 aromatic carbocycles. The number of pyridine rings is 1. The van der Waals surface area contributed by atoms with E-state index in [1.54, 1.807) is 7.05 Å². The van der Waals surface area contributed by atoms with Crippen LogP contribution in [0.5, 0.6) is 0 Å². The number of amides is 2. The van der Waals surface area contributed by atoms with E-state index in [0.29, 0.717) is 5.92 Å². The molecule has 194 valence electrons. The van der Waals surface area contributed by atoms with Gasteiger partial charge in [0.15, 0.2) is 0 Å². The summed E-state index contributed by atoms with van der Waals surface area (Å²) in [4.78, 5) is 33.5. The van der Waals surface area contributed by atoms with Gasteiger partial charge in [0.25, 0.3) is 0 Å². The van der Waals surface area contributed by atoms with Crippen molar-refractivity contribution in [1.82, 2.24) is 20.5 Å². The zero-order valence-corrected chi connectivity index (χ0v) is 22.3. The van der Waals surface area contributed by atoms with Crippen LogP contribution in [0.1, 0.15) is 88.8 Å². The summed E-state index contributed by atoms with van der Waals surface area (Å²) in [5, 5.41) is 6.14. The first kappa shape index (κ1) is 26.3. The van der Waals surface area contributed by atoms with Gasteiger partial charge in [0.1, 0.15) is 6.04 Å². The van der Waals surface area contributed by atoms with E-state index < -0.39 is 6.04 Å². The highest BCUT2D eigenvalue weighted by molar-refractivity contribution is 5.90. The van der Waals surface area contributed by atoms with Crippen molar-refractivity contribution in [1.29, 1.82) is 0 Å². The van der Waals surface area contributed by atoms with Crippen LogP contribution in [-0.4, -0.2) is 47.4 Å². The lowest BCUT2D eigenvalue weighted by Crippen LogP contribution is -2.55. The molecule has 4 rings (SSSR count). The fraction of sp³-hybridized carbons (Fsp3) is 0.567. The van der Waals surface area contributed by atoms with Crippen LogP contribution in [0, 0.1) is 5.92 Å². The molecule has 1 aliphatic carbocycles. The molecule has 2 aliphatic rings. The topological polar surface area (TPSA) is 74.3 Å². The Kier molecular flexibility index (Phi) is 8.78. The number of rotatable bonds is 8. The molecule has 0 radical (unpaired) electrons. The van der Waals surface area contributed by atoms with E-state index in [9.17, 15) is 9.59 Å². The Labute approximate surface area is 216 Å². The van der Waals surface area contributed by atoms with Crippen LogP contribution in [0.25, 0.3) is 11.1 Å². The standard InChI is InChI=1S/C30H42N4O2/c1-20(2)25-13-8-9-14-26(25)23-17-24(19-32-18-23)27-15-10-16-34(27)30(36)28(22-11-6-5-7-12-22)33-29(35)21(3)31-4/h8-9,13-14,17-22,27-28,31H,5-7,10-12,15-16H2,1-4H3,(H,33,35). The molecule has 0 spiro atoms. The summed E-state index contributed by atoms with van der Waals surface area (Å²) in [7, 11) is 1.77. The van der Waals surface area contributed by atoms with Gasteiger partial charge in [-0.25, -0.2) is 0 Å². The fourth-order valence-corrected chi connectivity index (χ4v) is 5.86. The van der Waals surface area contributed by atoms with Gasteiger partial charge < -0.3 is 15.5 Å². The maximum Gasteiger partial charge on any atom is 0.245 e. The van der Waals surface area contributed by atoms with Gasteiger partial charge in [0, 0.05) is 24.5 Å². The van der Waals surface area contributed by atoms with E-state index in [1.165, 1.54) is 17.5 Å². The van der Waals surface area contributed by atoms with Crippen molar-refractivity contribution < 1.29 is 9.59 Å². The maximum absolute atomic E-state index is 14.0. The maximum atomic E-state index is 14.0. The van der Waals surface area contributed by atoms with Crippen LogP contribution < -0.4 is 10.6 Å². The van der Waals surface area contributed by atoms with Crippen LogP contribution >= 0.6 is 0 Å². The number of carbonyl (C=O) groups is 2. The molecule has 1 aliphatic heterocycles. The normalized spacial score (nSPS) is 20.4. The Balaban J connectivity index is 1.61. The van der Waals surface area contributed by atoms with Crippen molar-refractivity contribution in [3.63, 3.8) is 0 Å². The minimum absolute atomic E-state index is 0.0131. The first-order valence-corrected chi connectivity index (χ1v) is 13.7. The average molecular weight is 491 g/mol. The quantitative estimate of drug-likeness (QED) is 0.533. The Morgan fingerprint density at radius 3 is 2.47 bits per heavy atom. The number of aromatic nitrogens is 1. The number of likely N-dealkylation sites (N-methyl/N-ethyl adjacent to an activating group) is 1. The van der Waals surface area contributed by atoms with Gasteiger partial charge in [-0.2, -0.15) is 0 Å². The van der Waals surface area contributed by atoms with Crippen LogP contribution in [0.2, 0.25) is 0 Å². The highest BCUT2D eigenvalue weighted by Gasteiger charge is 2.39. The molecule has 1 saturated carbocycles. The predicted octanol–water partition coefficient (Wildman–Crippen LogP) is 5.21. The highest BCUT2D eigenvalue weighted by Crippen LogP contribution is 2.37. The second-order valence-electron chi connectivity index (χ2n) is 10.8. The molecule has 6 heteroatoms. The molecular formula is C30H42N4O2. The molecule has 1 aromatic heterocycles. The molecule has 6 nitrogen and oxygen atoms in total. The number of nitrogens with zero attached hydrogens (tertiary/aromatic N) is 2. The fourth-order valence-electron chi connectivity index (χ4n) is 5.86. The minimum Gasteiger partial charge on any atom is -0.343 e. The SMILES string of the molecule is CNC(C)C(=O)NC(C(=O)N1CCCC1c1cncc(-c2ccccc2C(C)C)c1)C1CCCCC1. The Morgan fingerprint density at radius 1 is 1.00 bits per heavy atom. The van der Waals surface area contributed by atoms with Crippen LogP contribution in [0.4, 0.5) is 0 Å². The summed E-state index contributed by atoms with van der Waals surface area (Å²) < 4.78 is 0. The highest BCUT2D eigenvalue weighted by atomic mass is 16.2. The zero-order valence-electron chi connectivity index (χ0n) is 22.3. The van der Waals surface area contributed by atoms with E-state index >= 15 is 0 Å². The molecule has 2 N–H and O–H groups in total. The monoisotopic (exact) mass is 490 g/mol. The van der Waals surface area contributed by atoms with Crippen molar-refractivity contribution in [2.75, 3.05) is 13.6 Å². The lowest BCUT2D eigenvalue weighted by molar-refractivity contribution is -0.139. The third kappa shape index (κ3) is 5.80. The number of likely N-dealkylation sites (tertiary alicyclic amines) is 1. The second kappa shape index (κ2) is 12.0. The van der Waals surface area contributed by atoms with Gasteiger partial charge in [-0.15, -0.1) is 0 Å². The van der Waals surface area contributed by atoms with Gasteiger partial charge >= 0.3 is 0 Å². The van der Waals surface area contributed by atoms with Gasteiger partial charge in [-0.1, -0.05) is 57.4 Å². The van der Waals surface area contributed by atoms with Crippen LogP contribution in [0.15, 0.2) is 42.7 Å². The smallest absolute Gasteiger partial charge is 0.245 e. The lowest BCUT2D eigenvalue weighted by atomic mass is 9.83. The number of hydrogen-bond acceptors (Lipinski definition) is 4. The summed E-state index contributed by atoms with van der Waals surface area (Å²) in [6.45, 7) is 6.98. The number of benzene rings is 1. The first-order chi connectivity index (χ1) is 17.4. The van der Waals surface area contributed by atoms with Crippen molar-refractivity contribution in [2.45, 2.75) is 89.8 Å². The van der Waals surface area contributed by atoms with Crippen molar-refractivity contribution in [2.24, 2.45) is 5.92 Å². The summed E-state index contributed by atoms with van der Waals surface area (Å²) in [6, 6.07) is 9.90. The molecule has 1 saturated heterocycles. The molecule has 2 heterocycles. The van der Waals surface area contributed by atoms with Crippen LogP contribution in [0.3, 0.4) is 0 Å². The molecule has 2 aromatic rings. The number of nitrogens with one attached hydrogen (secondary N) is 2. The van der Waals surface area contributed by atoms with Crippen LogP contribution in [-0.2, 0) is 9.59 Å². The van der Waals surface area contributed by atoms with Gasteiger partial charge in [-0.05, 0) is 74.2 Å². The van der Waals surface area contributed by atoms with E-state index in [1.807, 2.05) is 24.2 Å². The largest absolute Gasteiger partial charge is 0.343 e. The third-order valence-electron chi connectivity index (χ3n) is 8.09. The van der Waals surface area contributed by atoms with Crippen molar-refractivity contribution >= 4 is 11.8 Å². The van der Waals surface area contributed by atoms with E-state index in [0.717, 1.165) is 56.2 Å². The summed E-state index contributed by atoms with van der Waals surface area (Å²) in [6.07, 6.45) is 11.2. The molecule has 2 fully saturated rings. The summed E-state index contributed by atoms with van der Waals surface area (Å²) >= 11 is 0. The second-order valence-corrected chi connectivity index (χ2v) is 10.8. The van der Waals surface area contributed by atoms with Gasteiger partial charge in [0.2, 0.25) is 11.8 Å². The zero-order chi connectivity index (χ0) is 25.7. The summed E-state index contributed by atoms with van der Waals surface area (Å²) in [5.74, 6) is 0.567. The predicted molar refractivity (Wildman–Crippen MR) is 144 cm³/mol. The van der Waals surface area contributed by atoms with Gasteiger partial charge in [0.05, 0.1) is 12.1 Å². The van der Waals surface area contributed by atoms with E-state index in [2.05, 4.69) is 59.8 Å². The Morgan fingerprint density at radius 2 is 1.75 bits per heavy atom. The summed E-state index contributed by atoms with van der Waals surface area (Å²) in [5.41, 5.74) is 4.67. The molecular weight excluding hydrogens is 448 g/mol. The third-order valence-corrected chi connectivity index (χ3v) is 8.09. The number of hydrogen-bond donors (Lipinski definition) is 2. The molecule has 0 bridgehead atoms. The molecule has 2 amide bonds. The van der Waals surface area contributed by atoms with Crippen molar-refractivity contribution in [3.05, 3.63) is 53.9 Å². The molecule has 3 atom stereocenters. The van der Waals surface area contributed by atoms with E-state index in [-0.39, 0.29) is 29.8 Å².